The van der Waals surface area contributed by atoms with Crippen LogP contribution in [0.4, 0.5) is 34.1 Å². The molecule has 0 bridgehead atoms. The summed E-state index contributed by atoms with van der Waals surface area (Å²) in [6, 6.07) is 56.7. The zero-order valence-electron chi connectivity index (χ0n) is 23.6. The molecule has 43 heavy (non-hydrogen) atoms. The summed E-state index contributed by atoms with van der Waals surface area (Å²) in [7, 11) is 0. The van der Waals surface area contributed by atoms with Crippen LogP contribution < -0.4 is 15.6 Å². The number of nitrogens with zero attached hydrogens (tertiary/aromatic N) is 3. The molecule has 0 heterocycles. The maximum absolute atomic E-state index is 10.8. The number of anilines is 6. The molecule has 5 heteroatoms. The molecule has 0 fully saturated rings. The molecule has 210 valence electrons. The highest BCUT2D eigenvalue weighted by molar-refractivity contribution is 5.83. The van der Waals surface area contributed by atoms with Gasteiger partial charge in [-0.3, -0.25) is 4.79 Å². The quantitative estimate of drug-likeness (QED) is 0.0872. The van der Waals surface area contributed by atoms with Crippen LogP contribution in [-0.2, 0) is 0 Å². The average Bonchev–Trinajstić information content (AvgIpc) is 3.09. The van der Waals surface area contributed by atoms with E-state index < -0.39 is 0 Å². The molecule has 0 aliphatic heterocycles. The van der Waals surface area contributed by atoms with Gasteiger partial charge in [0.2, 0.25) is 0 Å². The summed E-state index contributed by atoms with van der Waals surface area (Å²) in [4.78, 5) is 15.2. The molecule has 0 aliphatic rings. The van der Waals surface area contributed by atoms with Crippen LogP contribution in [0.1, 0.15) is 15.9 Å². The molecule has 0 spiro atoms. The van der Waals surface area contributed by atoms with E-state index in [9.17, 15) is 4.79 Å². The average molecular weight is 561 g/mol. The zero-order valence-corrected chi connectivity index (χ0v) is 23.6. The molecule has 5 nitrogen and oxygen atoms in total. The molecule has 6 rings (SSSR count). The molecule has 2 N–H and O–H groups in total. The fourth-order valence-electron chi connectivity index (χ4n) is 4.70. The maximum Gasteiger partial charge on any atom is 0.150 e. The Balaban J connectivity index is 0.000000171. The molecular weight excluding hydrogens is 528 g/mol. The molecule has 6 aromatic rings. The second kappa shape index (κ2) is 14.6. The van der Waals surface area contributed by atoms with E-state index in [1.807, 2.05) is 109 Å². The molecule has 0 saturated heterocycles. The van der Waals surface area contributed by atoms with Crippen molar-refractivity contribution in [3.63, 3.8) is 0 Å². The third-order valence-electron chi connectivity index (χ3n) is 6.72. The van der Waals surface area contributed by atoms with Crippen LogP contribution in [0.15, 0.2) is 175 Å². The first-order chi connectivity index (χ1) is 21.3. The Kier molecular flexibility index (Phi) is 9.72. The zero-order chi connectivity index (χ0) is 29.7. The van der Waals surface area contributed by atoms with Gasteiger partial charge in [0.05, 0.1) is 6.21 Å². The van der Waals surface area contributed by atoms with E-state index >= 15 is 0 Å². The lowest BCUT2D eigenvalue weighted by molar-refractivity contribution is 0.112. The Hall–Kier alpha value is -5.94. The molecule has 0 saturated carbocycles. The number of hydrazone groups is 1. The largest absolute Gasteiger partial charge is 0.323 e. The van der Waals surface area contributed by atoms with Crippen molar-refractivity contribution in [2.75, 3.05) is 9.80 Å². The molecule has 0 aromatic heterocycles. The maximum atomic E-state index is 10.8. The Morgan fingerprint density at radius 3 is 0.953 bits per heavy atom. The van der Waals surface area contributed by atoms with Gasteiger partial charge >= 0.3 is 0 Å². The summed E-state index contributed by atoms with van der Waals surface area (Å²) >= 11 is 0. The monoisotopic (exact) mass is 560 g/mol. The first-order valence-corrected chi connectivity index (χ1v) is 14.0. The predicted octanol–water partition coefficient (Wildman–Crippen LogP) is 9.42. The predicted molar refractivity (Wildman–Crippen MR) is 179 cm³/mol. The molecule has 0 unspecified atom stereocenters. The Bertz CT molecular complexity index is 1630. The van der Waals surface area contributed by atoms with Crippen LogP contribution in [0.25, 0.3) is 0 Å². The summed E-state index contributed by atoms with van der Waals surface area (Å²) in [5, 5.41) is 3.56. The minimum Gasteiger partial charge on any atom is -0.323 e. The number of rotatable bonds is 8. The van der Waals surface area contributed by atoms with Crippen LogP contribution in [0, 0.1) is 0 Å². The summed E-state index contributed by atoms with van der Waals surface area (Å²) in [6.45, 7) is 0. The standard InChI is InChI=1S/C19H17N3.C19H15NO/c20-21-15-16-11-13-19(14-12-16)22(17-7-3-1-4-8-17)18-9-5-2-6-10-18;21-15-16-11-13-19(14-12-16)20(17-7-3-1-4-8-17)18-9-5-2-6-10-18/h1-15H,20H2;1-15H. The van der Waals surface area contributed by atoms with Gasteiger partial charge in [0.1, 0.15) is 6.29 Å². The van der Waals surface area contributed by atoms with Crippen LogP contribution in [0.2, 0.25) is 0 Å². The van der Waals surface area contributed by atoms with Crippen molar-refractivity contribution in [2.45, 2.75) is 0 Å². The molecule has 0 aliphatic carbocycles. The van der Waals surface area contributed by atoms with E-state index in [0.717, 1.165) is 46.0 Å². The number of hydrogen-bond donors (Lipinski definition) is 1. The van der Waals surface area contributed by atoms with Crippen molar-refractivity contribution in [1.29, 1.82) is 0 Å². The highest BCUT2D eigenvalue weighted by atomic mass is 16.1. The summed E-state index contributed by atoms with van der Waals surface area (Å²) < 4.78 is 0. The lowest BCUT2D eigenvalue weighted by Crippen LogP contribution is -2.09. The minimum atomic E-state index is 0.680. The van der Waals surface area contributed by atoms with Crippen LogP contribution >= 0.6 is 0 Å². The number of carbonyl (C=O) groups is 1. The minimum absolute atomic E-state index is 0.680. The molecule has 0 radical (unpaired) electrons. The van der Waals surface area contributed by atoms with Gasteiger partial charge in [0.25, 0.3) is 0 Å². The first kappa shape index (κ1) is 28.6. The smallest absolute Gasteiger partial charge is 0.150 e. The van der Waals surface area contributed by atoms with Crippen molar-refractivity contribution < 1.29 is 4.79 Å². The van der Waals surface area contributed by atoms with Crippen LogP contribution in [0.3, 0.4) is 0 Å². The van der Waals surface area contributed by atoms with Gasteiger partial charge in [0.15, 0.2) is 0 Å². The summed E-state index contributed by atoms with van der Waals surface area (Å²) in [5.74, 6) is 5.20. The summed E-state index contributed by atoms with van der Waals surface area (Å²) in [6.07, 6.45) is 2.50. The molecule has 6 aromatic carbocycles. The first-order valence-electron chi connectivity index (χ1n) is 14.0. The van der Waals surface area contributed by atoms with E-state index in [4.69, 9.17) is 5.84 Å². The number of nitrogens with two attached hydrogens (primary N) is 1. The van der Waals surface area contributed by atoms with Gasteiger partial charge in [0, 0.05) is 39.7 Å². The Labute approximate surface area is 252 Å². The number of carbonyl (C=O) groups excluding carboxylic acids is 1. The fraction of sp³-hybridized carbons (Fsp3) is 0. The highest BCUT2D eigenvalue weighted by Crippen LogP contribution is 2.35. The van der Waals surface area contributed by atoms with Gasteiger partial charge in [-0.25, -0.2) is 0 Å². The second-order valence-electron chi connectivity index (χ2n) is 9.59. The lowest BCUT2D eigenvalue weighted by Gasteiger charge is -2.25. The van der Waals surface area contributed by atoms with E-state index in [-0.39, 0.29) is 0 Å². The van der Waals surface area contributed by atoms with Crippen molar-refractivity contribution in [3.05, 3.63) is 181 Å². The van der Waals surface area contributed by atoms with Crippen molar-refractivity contribution >= 4 is 46.6 Å². The number of aldehydes is 1. The summed E-state index contributed by atoms with van der Waals surface area (Å²) in [5.41, 5.74) is 8.18. The number of para-hydroxylation sites is 4. The van der Waals surface area contributed by atoms with Gasteiger partial charge in [-0.15, -0.1) is 0 Å². The van der Waals surface area contributed by atoms with Crippen molar-refractivity contribution in [2.24, 2.45) is 10.9 Å². The van der Waals surface area contributed by atoms with Crippen LogP contribution in [0.5, 0.6) is 0 Å². The van der Waals surface area contributed by atoms with Gasteiger partial charge in [-0.2, -0.15) is 5.10 Å². The Morgan fingerprint density at radius 2 is 0.674 bits per heavy atom. The molecule has 0 amide bonds. The van der Waals surface area contributed by atoms with Gasteiger partial charge < -0.3 is 15.6 Å². The van der Waals surface area contributed by atoms with Crippen molar-refractivity contribution in [3.8, 4) is 0 Å². The number of benzene rings is 6. The fourth-order valence-corrected chi connectivity index (χ4v) is 4.70. The second-order valence-corrected chi connectivity index (χ2v) is 9.59. The lowest BCUT2D eigenvalue weighted by atomic mass is 10.1. The third kappa shape index (κ3) is 7.43. The van der Waals surface area contributed by atoms with Gasteiger partial charge in [-0.1, -0.05) is 84.9 Å². The van der Waals surface area contributed by atoms with Crippen LogP contribution in [-0.4, -0.2) is 12.5 Å². The van der Waals surface area contributed by atoms with E-state index in [2.05, 4.69) is 75.6 Å². The van der Waals surface area contributed by atoms with E-state index in [0.29, 0.717) is 5.56 Å². The topological polar surface area (TPSA) is 61.9 Å². The Morgan fingerprint density at radius 1 is 0.395 bits per heavy atom. The van der Waals surface area contributed by atoms with Crippen molar-refractivity contribution in [1.82, 2.24) is 0 Å². The molecule has 0 atom stereocenters. The van der Waals surface area contributed by atoms with E-state index in [1.54, 1.807) is 6.21 Å². The normalized spacial score (nSPS) is 10.4. The SMILES string of the molecule is NN=Cc1ccc(N(c2ccccc2)c2ccccc2)cc1.O=Cc1ccc(N(c2ccccc2)c2ccccc2)cc1. The molecular formula is C38H32N4O. The van der Waals surface area contributed by atoms with E-state index in [1.165, 1.54) is 0 Å². The van der Waals surface area contributed by atoms with Gasteiger partial charge in [-0.05, 0) is 90.5 Å². The third-order valence-corrected chi connectivity index (χ3v) is 6.72. The highest BCUT2D eigenvalue weighted by Gasteiger charge is 2.12. The number of hydrogen-bond acceptors (Lipinski definition) is 5.